The van der Waals surface area contributed by atoms with Crippen molar-refractivity contribution in [3.63, 3.8) is 0 Å². The van der Waals surface area contributed by atoms with Crippen LogP contribution in [0.2, 0.25) is 5.02 Å². The molecule has 0 aliphatic heterocycles. The van der Waals surface area contributed by atoms with Gasteiger partial charge in [0.15, 0.2) is 0 Å². The Bertz CT molecular complexity index is 426. The Hall–Kier alpha value is -1.81. The maximum atomic E-state index is 11.2. The van der Waals surface area contributed by atoms with Gasteiger partial charge in [0.2, 0.25) is 0 Å². The van der Waals surface area contributed by atoms with E-state index in [9.17, 15) is 9.59 Å². The van der Waals surface area contributed by atoms with Crippen LogP contribution in [0.15, 0.2) is 36.4 Å². The first-order valence-corrected chi connectivity index (χ1v) is 4.73. The van der Waals surface area contributed by atoms with Gasteiger partial charge in [-0.25, -0.2) is 9.59 Å². The van der Waals surface area contributed by atoms with Crippen LogP contribution in [0, 0.1) is 0 Å². The van der Waals surface area contributed by atoms with Gasteiger partial charge in [0, 0.05) is 12.2 Å². The van der Waals surface area contributed by atoms with Crippen LogP contribution in [0.5, 0.6) is 5.75 Å². The Morgan fingerprint density at radius 3 is 2.44 bits per heavy atom. The molecule has 0 fully saturated rings. The lowest BCUT2D eigenvalue weighted by Gasteiger charge is -2.02. The van der Waals surface area contributed by atoms with E-state index in [0.29, 0.717) is 5.02 Å². The van der Waals surface area contributed by atoms with Crippen LogP contribution >= 0.6 is 11.6 Å². The van der Waals surface area contributed by atoms with Gasteiger partial charge < -0.3 is 9.47 Å². The van der Waals surface area contributed by atoms with Crippen LogP contribution in [-0.4, -0.2) is 19.0 Å². The highest BCUT2D eigenvalue weighted by Crippen LogP contribution is 2.23. The lowest BCUT2D eigenvalue weighted by Crippen LogP contribution is -2.05. The zero-order valence-corrected chi connectivity index (χ0v) is 9.23. The van der Waals surface area contributed by atoms with Gasteiger partial charge in [0.25, 0.3) is 0 Å². The quantitative estimate of drug-likeness (QED) is 0.461. The van der Waals surface area contributed by atoms with Gasteiger partial charge in [-0.2, -0.15) is 0 Å². The van der Waals surface area contributed by atoms with Crippen LogP contribution < -0.4 is 4.74 Å². The van der Waals surface area contributed by atoms with E-state index in [1.54, 1.807) is 24.3 Å². The van der Waals surface area contributed by atoms with Crippen molar-refractivity contribution in [1.29, 1.82) is 0 Å². The number of hydrogen-bond donors (Lipinski definition) is 0. The molecule has 0 bridgehead atoms. The summed E-state index contributed by atoms with van der Waals surface area (Å²) in [6.07, 6.45) is 1.94. The van der Waals surface area contributed by atoms with Crippen molar-refractivity contribution in [1.82, 2.24) is 0 Å². The first kappa shape index (κ1) is 12.3. The second-order valence-corrected chi connectivity index (χ2v) is 3.12. The van der Waals surface area contributed by atoms with E-state index in [0.717, 1.165) is 12.2 Å². The monoisotopic (exact) mass is 240 g/mol. The average Bonchev–Trinajstić information content (AvgIpc) is 2.29. The van der Waals surface area contributed by atoms with Gasteiger partial charge in [-0.3, -0.25) is 0 Å². The maximum Gasteiger partial charge on any atom is 0.336 e. The molecule has 0 atom stereocenters. The van der Waals surface area contributed by atoms with E-state index in [1.165, 1.54) is 7.11 Å². The minimum absolute atomic E-state index is 0.240. The molecule has 4 nitrogen and oxygen atoms in total. The molecule has 84 valence electrons. The number of benzene rings is 1. The summed E-state index contributed by atoms with van der Waals surface area (Å²) in [4.78, 5) is 21.9. The topological polar surface area (TPSA) is 52.6 Å². The molecule has 0 saturated carbocycles. The number of para-hydroxylation sites is 1. The smallest absolute Gasteiger partial charge is 0.336 e. The Morgan fingerprint density at radius 1 is 1.19 bits per heavy atom. The molecule has 1 aromatic rings. The third-order valence-electron chi connectivity index (χ3n) is 1.60. The van der Waals surface area contributed by atoms with Crippen molar-refractivity contribution in [2.75, 3.05) is 7.11 Å². The number of ether oxygens (including phenoxy) is 2. The Kier molecular flexibility index (Phi) is 4.54. The number of carbonyl (C=O) groups is 2. The van der Waals surface area contributed by atoms with Gasteiger partial charge in [-0.05, 0) is 12.1 Å². The Balaban J connectivity index is 2.62. The van der Waals surface area contributed by atoms with Gasteiger partial charge in [0.1, 0.15) is 5.75 Å². The summed E-state index contributed by atoms with van der Waals surface area (Å²) in [5, 5.41) is 0.322. The maximum absolute atomic E-state index is 11.2. The Labute approximate surface area is 97.4 Å². The summed E-state index contributed by atoms with van der Waals surface area (Å²) >= 11 is 5.77. The third-order valence-corrected chi connectivity index (χ3v) is 1.92. The number of rotatable bonds is 3. The third kappa shape index (κ3) is 3.74. The molecule has 0 N–H and O–H groups in total. The predicted molar refractivity (Wildman–Crippen MR) is 58.2 cm³/mol. The highest BCUT2D eigenvalue weighted by Gasteiger charge is 2.04. The van der Waals surface area contributed by atoms with Crippen molar-refractivity contribution in [3.8, 4) is 5.75 Å². The first-order chi connectivity index (χ1) is 7.63. The fourth-order valence-corrected chi connectivity index (χ4v) is 1.05. The summed E-state index contributed by atoms with van der Waals surface area (Å²) < 4.78 is 9.19. The van der Waals surface area contributed by atoms with E-state index in [2.05, 4.69) is 4.74 Å². The molecular formula is C11H9ClO4. The molecule has 0 aromatic heterocycles. The summed E-state index contributed by atoms with van der Waals surface area (Å²) in [5.74, 6) is -1.08. The molecule has 0 heterocycles. The molecule has 0 aliphatic rings. The molecule has 0 saturated heterocycles. The molecular weight excluding hydrogens is 232 g/mol. The van der Waals surface area contributed by atoms with Crippen LogP contribution in [0.3, 0.4) is 0 Å². The zero-order chi connectivity index (χ0) is 12.0. The van der Waals surface area contributed by atoms with Crippen molar-refractivity contribution >= 4 is 23.5 Å². The number of methoxy groups -OCH3 is 1. The highest BCUT2D eigenvalue weighted by atomic mass is 35.5. The van der Waals surface area contributed by atoms with Gasteiger partial charge in [-0.1, -0.05) is 23.7 Å². The lowest BCUT2D eigenvalue weighted by atomic mass is 10.3. The normalized spacial score (nSPS) is 10.1. The Morgan fingerprint density at radius 2 is 1.81 bits per heavy atom. The second-order valence-electron chi connectivity index (χ2n) is 2.71. The molecule has 1 rings (SSSR count). The number of carbonyl (C=O) groups excluding carboxylic acids is 2. The van der Waals surface area contributed by atoms with E-state index >= 15 is 0 Å². The van der Waals surface area contributed by atoms with Crippen molar-refractivity contribution in [2.45, 2.75) is 0 Å². The molecule has 16 heavy (non-hydrogen) atoms. The molecule has 0 spiro atoms. The van der Waals surface area contributed by atoms with E-state index in [-0.39, 0.29) is 5.75 Å². The van der Waals surface area contributed by atoms with E-state index < -0.39 is 11.9 Å². The average molecular weight is 241 g/mol. The molecule has 5 heteroatoms. The SMILES string of the molecule is COC(=O)/C=C/C(=O)Oc1ccccc1Cl. The number of halogens is 1. The lowest BCUT2D eigenvalue weighted by molar-refractivity contribution is -0.135. The summed E-state index contributed by atoms with van der Waals surface area (Å²) in [6, 6.07) is 6.53. The fraction of sp³-hybridized carbons (Fsp3) is 0.0909. The largest absolute Gasteiger partial charge is 0.466 e. The minimum Gasteiger partial charge on any atom is -0.466 e. The van der Waals surface area contributed by atoms with Crippen molar-refractivity contribution in [3.05, 3.63) is 41.4 Å². The molecule has 1 aromatic carbocycles. The molecule has 0 radical (unpaired) electrons. The van der Waals surface area contributed by atoms with Crippen LogP contribution in [0.25, 0.3) is 0 Å². The molecule has 0 amide bonds. The molecule has 0 unspecified atom stereocenters. The highest BCUT2D eigenvalue weighted by molar-refractivity contribution is 6.32. The standard InChI is InChI=1S/C11H9ClO4/c1-15-10(13)6-7-11(14)16-9-5-3-2-4-8(9)12/h2-7H,1H3/b7-6+. The molecule has 0 aliphatic carbocycles. The summed E-state index contributed by atoms with van der Waals surface area (Å²) in [5.41, 5.74) is 0. The van der Waals surface area contributed by atoms with Gasteiger partial charge in [0.05, 0.1) is 12.1 Å². The number of hydrogen-bond acceptors (Lipinski definition) is 4. The fourth-order valence-electron chi connectivity index (χ4n) is 0.874. The van der Waals surface area contributed by atoms with Gasteiger partial charge in [-0.15, -0.1) is 0 Å². The minimum atomic E-state index is -0.696. The van der Waals surface area contributed by atoms with Crippen molar-refractivity contribution < 1.29 is 19.1 Å². The van der Waals surface area contributed by atoms with E-state index in [4.69, 9.17) is 16.3 Å². The van der Waals surface area contributed by atoms with Crippen LogP contribution in [0.1, 0.15) is 0 Å². The first-order valence-electron chi connectivity index (χ1n) is 4.36. The van der Waals surface area contributed by atoms with Crippen LogP contribution in [-0.2, 0) is 14.3 Å². The summed E-state index contributed by atoms with van der Waals surface area (Å²) in [7, 11) is 1.21. The summed E-state index contributed by atoms with van der Waals surface area (Å²) in [6.45, 7) is 0. The number of esters is 2. The predicted octanol–water partition coefficient (Wildman–Crippen LogP) is 1.97. The van der Waals surface area contributed by atoms with E-state index in [1.807, 2.05) is 0 Å². The van der Waals surface area contributed by atoms with Gasteiger partial charge >= 0.3 is 11.9 Å². The second kappa shape index (κ2) is 5.92. The van der Waals surface area contributed by atoms with Crippen molar-refractivity contribution in [2.24, 2.45) is 0 Å². The van der Waals surface area contributed by atoms with Crippen LogP contribution in [0.4, 0.5) is 0 Å². The zero-order valence-electron chi connectivity index (χ0n) is 8.48.